The summed E-state index contributed by atoms with van der Waals surface area (Å²) in [5, 5.41) is 12.2. The summed E-state index contributed by atoms with van der Waals surface area (Å²) in [6.45, 7) is 9.17. The van der Waals surface area contributed by atoms with E-state index in [0.29, 0.717) is 22.9 Å². The predicted molar refractivity (Wildman–Crippen MR) is 90.2 cm³/mol. The quantitative estimate of drug-likeness (QED) is 0.820. The molecule has 0 spiro atoms. The highest BCUT2D eigenvalue weighted by Crippen LogP contribution is 2.14. The van der Waals surface area contributed by atoms with E-state index in [2.05, 4.69) is 43.0 Å². The molecular weight excluding hydrogens is 292 g/mol. The van der Waals surface area contributed by atoms with E-state index in [1.54, 1.807) is 18.6 Å². The largest absolute Gasteiger partial charge is 0.394 e. The third kappa shape index (κ3) is 4.51. The molecule has 126 valence electrons. The molecule has 2 heterocycles. The van der Waals surface area contributed by atoms with E-state index in [1.807, 2.05) is 4.57 Å². The van der Waals surface area contributed by atoms with Gasteiger partial charge in [-0.25, -0.2) is 9.97 Å². The number of fused-ring (bicyclic) bond motifs is 1. The maximum atomic E-state index is 12.3. The molecule has 0 aromatic carbocycles. The van der Waals surface area contributed by atoms with Crippen LogP contribution in [0.3, 0.4) is 0 Å². The fourth-order valence-electron chi connectivity index (χ4n) is 2.62. The number of hydrogen-bond donors (Lipinski definition) is 2. The Kier molecular flexibility index (Phi) is 5.71. The molecule has 0 bridgehead atoms. The van der Waals surface area contributed by atoms with Crippen LogP contribution in [0.1, 0.15) is 44.5 Å². The molecule has 2 aromatic heterocycles. The van der Waals surface area contributed by atoms with Crippen LogP contribution in [-0.2, 0) is 6.54 Å². The van der Waals surface area contributed by atoms with Gasteiger partial charge < -0.3 is 15.0 Å². The van der Waals surface area contributed by atoms with Crippen molar-refractivity contribution in [3.8, 4) is 0 Å². The number of rotatable bonds is 7. The summed E-state index contributed by atoms with van der Waals surface area (Å²) in [6.07, 6.45) is 4.07. The number of carbonyl (C=O) groups excluding carboxylic acids is 1. The van der Waals surface area contributed by atoms with Gasteiger partial charge in [0.1, 0.15) is 5.52 Å². The van der Waals surface area contributed by atoms with Crippen LogP contribution in [0.15, 0.2) is 18.6 Å². The number of nitrogens with zero attached hydrogens (tertiary/aromatic N) is 3. The van der Waals surface area contributed by atoms with Crippen LogP contribution in [0.25, 0.3) is 11.2 Å². The standard InChI is InChI=1S/C17H26N4O2/c1-11(2)5-14(9-22)20-17(23)13-6-15-16(18-7-13)21(10-19-15)8-12(3)4/h6-7,10-12,14,22H,5,8-9H2,1-4H3,(H,20,23)/t14-/m0/s1. The van der Waals surface area contributed by atoms with Gasteiger partial charge in [-0.15, -0.1) is 0 Å². The highest BCUT2D eigenvalue weighted by Gasteiger charge is 2.16. The van der Waals surface area contributed by atoms with Crippen molar-refractivity contribution < 1.29 is 9.90 Å². The number of pyridine rings is 1. The number of hydrogen-bond acceptors (Lipinski definition) is 4. The molecule has 2 N–H and O–H groups in total. The van der Waals surface area contributed by atoms with E-state index < -0.39 is 0 Å². The van der Waals surface area contributed by atoms with Gasteiger partial charge in [-0.1, -0.05) is 27.7 Å². The van der Waals surface area contributed by atoms with Gasteiger partial charge in [0.15, 0.2) is 5.65 Å². The predicted octanol–water partition coefficient (Wildman–Crippen LogP) is 2.22. The molecular formula is C17H26N4O2. The minimum absolute atomic E-state index is 0.0669. The Morgan fingerprint density at radius 2 is 2.00 bits per heavy atom. The summed E-state index contributed by atoms with van der Waals surface area (Å²) in [6, 6.07) is 1.51. The van der Waals surface area contributed by atoms with Gasteiger partial charge in [0.25, 0.3) is 5.91 Å². The summed E-state index contributed by atoms with van der Waals surface area (Å²) in [5.74, 6) is 0.677. The molecule has 0 saturated carbocycles. The molecule has 0 aliphatic carbocycles. The highest BCUT2D eigenvalue weighted by molar-refractivity contribution is 5.96. The summed E-state index contributed by atoms with van der Waals surface area (Å²) in [4.78, 5) is 21.0. The Morgan fingerprint density at radius 3 is 2.61 bits per heavy atom. The first-order valence-corrected chi connectivity index (χ1v) is 8.13. The van der Waals surface area contributed by atoms with Gasteiger partial charge in [0, 0.05) is 12.7 Å². The molecule has 0 radical (unpaired) electrons. The molecule has 0 saturated heterocycles. The Bertz CT molecular complexity index is 664. The SMILES string of the molecule is CC(C)C[C@@H](CO)NC(=O)c1cnc2c(c1)ncn2CC(C)C. The molecule has 0 aliphatic heterocycles. The number of aromatic nitrogens is 3. The maximum Gasteiger partial charge on any atom is 0.253 e. The van der Waals surface area contributed by atoms with Crippen LogP contribution >= 0.6 is 0 Å². The van der Waals surface area contributed by atoms with Crippen molar-refractivity contribution >= 4 is 17.1 Å². The number of aliphatic hydroxyl groups excluding tert-OH is 1. The first-order chi connectivity index (χ1) is 10.9. The van der Waals surface area contributed by atoms with Gasteiger partial charge in [0.2, 0.25) is 0 Å². The van der Waals surface area contributed by atoms with Crippen molar-refractivity contribution in [1.82, 2.24) is 19.9 Å². The lowest BCUT2D eigenvalue weighted by Crippen LogP contribution is -2.38. The molecule has 23 heavy (non-hydrogen) atoms. The molecule has 0 aliphatic rings. The third-order valence-corrected chi connectivity index (χ3v) is 3.59. The molecule has 2 aromatic rings. The van der Waals surface area contributed by atoms with Crippen molar-refractivity contribution in [1.29, 1.82) is 0 Å². The number of amides is 1. The second-order valence-corrected chi connectivity index (χ2v) is 6.84. The lowest BCUT2D eigenvalue weighted by atomic mass is 10.0. The Hall–Kier alpha value is -1.95. The Labute approximate surface area is 136 Å². The average Bonchev–Trinajstić information content (AvgIpc) is 2.87. The van der Waals surface area contributed by atoms with Gasteiger partial charge in [-0.05, 0) is 24.3 Å². The summed E-state index contributed by atoms with van der Waals surface area (Å²) < 4.78 is 2.00. The molecule has 6 heteroatoms. The molecule has 2 rings (SSSR count). The monoisotopic (exact) mass is 318 g/mol. The van der Waals surface area contributed by atoms with Crippen LogP contribution in [0.2, 0.25) is 0 Å². The smallest absolute Gasteiger partial charge is 0.253 e. The molecule has 6 nitrogen and oxygen atoms in total. The summed E-state index contributed by atoms with van der Waals surface area (Å²) in [5.41, 5.74) is 1.97. The number of nitrogens with one attached hydrogen (secondary N) is 1. The van der Waals surface area contributed by atoms with Gasteiger partial charge >= 0.3 is 0 Å². The third-order valence-electron chi connectivity index (χ3n) is 3.59. The Balaban J connectivity index is 2.15. The van der Waals surface area contributed by atoms with Crippen LogP contribution in [-0.4, -0.2) is 38.2 Å². The average molecular weight is 318 g/mol. The van der Waals surface area contributed by atoms with E-state index in [4.69, 9.17) is 0 Å². The van der Waals surface area contributed by atoms with Crippen LogP contribution in [0, 0.1) is 11.8 Å². The van der Waals surface area contributed by atoms with Gasteiger partial charge in [-0.3, -0.25) is 4.79 Å². The summed E-state index contributed by atoms with van der Waals surface area (Å²) >= 11 is 0. The van der Waals surface area contributed by atoms with Crippen LogP contribution in [0.5, 0.6) is 0 Å². The zero-order valence-electron chi connectivity index (χ0n) is 14.3. The Morgan fingerprint density at radius 1 is 1.26 bits per heavy atom. The summed E-state index contributed by atoms with van der Waals surface area (Å²) in [7, 11) is 0. The number of aliphatic hydroxyl groups is 1. The lowest BCUT2D eigenvalue weighted by molar-refractivity contribution is 0.0908. The fourth-order valence-corrected chi connectivity index (χ4v) is 2.62. The molecule has 0 unspecified atom stereocenters. The first kappa shape index (κ1) is 17.4. The van der Waals surface area contributed by atoms with Gasteiger partial charge in [-0.2, -0.15) is 0 Å². The van der Waals surface area contributed by atoms with Gasteiger partial charge in [0.05, 0.1) is 24.5 Å². The normalized spacial score (nSPS) is 13.0. The van der Waals surface area contributed by atoms with Crippen molar-refractivity contribution in [2.45, 2.75) is 46.7 Å². The fraction of sp³-hybridized carbons (Fsp3) is 0.588. The van der Waals surface area contributed by atoms with Crippen LogP contribution in [0.4, 0.5) is 0 Å². The first-order valence-electron chi connectivity index (χ1n) is 8.13. The zero-order valence-corrected chi connectivity index (χ0v) is 14.3. The maximum absolute atomic E-state index is 12.3. The topological polar surface area (TPSA) is 80.0 Å². The van der Waals surface area contributed by atoms with E-state index in [0.717, 1.165) is 18.6 Å². The van der Waals surface area contributed by atoms with E-state index in [9.17, 15) is 9.90 Å². The van der Waals surface area contributed by atoms with E-state index >= 15 is 0 Å². The lowest BCUT2D eigenvalue weighted by Gasteiger charge is -2.18. The van der Waals surface area contributed by atoms with Crippen LogP contribution < -0.4 is 5.32 Å². The highest BCUT2D eigenvalue weighted by atomic mass is 16.3. The van der Waals surface area contributed by atoms with Crippen molar-refractivity contribution in [3.05, 3.63) is 24.2 Å². The number of carbonyl (C=O) groups is 1. The van der Waals surface area contributed by atoms with E-state index in [1.165, 1.54) is 0 Å². The number of imidazole rings is 1. The minimum atomic E-state index is -0.239. The molecule has 1 atom stereocenters. The van der Waals surface area contributed by atoms with Crippen molar-refractivity contribution in [2.24, 2.45) is 11.8 Å². The zero-order chi connectivity index (χ0) is 17.0. The van der Waals surface area contributed by atoms with Crippen molar-refractivity contribution in [2.75, 3.05) is 6.61 Å². The molecule has 1 amide bonds. The van der Waals surface area contributed by atoms with E-state index in [-0.39, 0.29) is 18.6 Å². The second kappa shape index (κ2) is 7.55. The second-order valence-electron chi connectivity index (χ2n) is 6.84. The minimum Gasteiger partial charge on any atom is -0.394 e. The molecule has 0 fully saturated rings. The van der Waals surface area contributed by atoms with Crippen molar-refractivity contribution in [3.63, 3.8) is 0 Å².